The summed E-state index contributed by atoms with van der Waals surface area (Å²) in [6, 6.07) is 0. The Labute approximate surface area is 414 Å². The summed E-state index contributed by atoms with van der Waals surface area (Å²) in [6.45, 7) is 6.44. The Balaban J connectivity index is 4.15. The normalized spacial score (nSPS) is 12.7. The highest BCUT2D eigenvalue weighted by Crippen LogP contribution is 2.16. The van der Waals surface area contributed by atoms with Crippen molar-refractivity contribution in [3.63, 3.8) is 0 Å². The van der Waals surface area contributed by atoms with Gasteiger partial charge in [-0.05, 0) is 77.0 Å². The highest BCUT2D eigenvalue weighted by atomic mass is 16.6. The Bertz CT molecular complexity index is 1300. The van der Waals surface area contributed by atoms with E-state index in [1.165, 1.54) is 96.3 Å². The lowest BCUT2D eigenvalue weighted by molar-refractivity contribution is -0.167. The van der Waals surface area contributed by atoms with Gasteiger partial charge in [-0.2, -0.15) is 0 Å². The minimum atomic E-state index is -0.779. The number of rotatable bonds is 50. The van der Waals surface area contributed by atoms with E-state index in [2.05, 4.69) is 106 Å². The Hall–Kier alpha value is -3.41. The fourth-order valence-electron chi connectivity index (χ4n) is 7.72. The molecule has 6 heteroatoms. The molecule has 0 fully saturated rings. The highest BCUT2D eigenvalue weighted by Gasteiger charge is 2.19. The highest BCUT2D eigenvalue weighted by molar-refractivity contribution is 5.71. The van der Waals surface area contributed by atoms with Gasteiger partial charge in [0.2, 0.25) is 0 Å². The molecule has 0 aliphatic carbocycles. The SMILES string of the molecule is CC/C=C\C/C=C\C/C=C\C/C=C\C/C=C\C/C=C\C/C=C\CCCCCCCC(=O)OCC(COC(=O)CCCCCCC)OC(=O)CCCCCCCCCCCCCCCCCCC. The first-order valence-corrected chi connectivity index (χ1v) is 28.1. The molecule has 0 aliphatic heterocycles. The first kappa shape index (κ1) is 63.6. The molecule has 0 saturated heterocycles. The van der Waals surface area contributed by atoms with Crippen LogP contribution in [0.2, 0.25) is 0 Å². The number of ether oxygens (including phenoxy) is 3. The Morgan fingerprint density at radius 1 is 0.313 bits per heavy atom. The summed E-state index contributed by atoms with van der Waals surface area (Å²) in [5.74, 6) is -0.910. The van der Waals surface area contributed by atoms with Crippen LogP contribution in [0.1, 0.15) is 265 Å². The molecule has 0 radical (unpaired) electrons. The lowest BCUT2D eigenvalue weighted by Crippen LogP contribution is -2.30. The summed E-state index contributed by atoms with van der Waals surface area (Å²) in [6.07, 6.45) is 71.9. The summed E-state index contributed by atoms with van der Waals surface area (Å²) >= 11 is 0. The van der Waals surface area contributed by atoms with E-state index in [4.69, 9.17) is 14.2 Å². The second-order valence-electron chi connectivity index (χ2n) is 18.5. The van der Waals surface area contributed by atoms with Crippen molar-refractivity contribution < 1.29 is 28.6 Å². The van der Waals surface area contributed by atoms with Crippen molar-refractivity contribution in [2.45, 2.75) is 271 Å². The zero-order valence-electron chi connectivity index (χ0n) is 43.9. The van der Waals surface area contributed by atoms with Gasteiger partial charge in [-0.1, -0.05) is 254 Å². The van der Waals surface area contributed by atoms with E-state index < -0.39 is 6.10 Å². The largest absolute Gasteiger partial charge is 0.462 e. The minimum Gasteiger partial charge on any atom is -0.462 e. The second kappa shape index (κ2) is 55.2. The molecule has 0 aromatic carbocycles. The van der Waals surface area contributed by atoms with Gasteiger partial charge in [0.15, 0.2) is 6.10 Å². The zero-order chi connectivity index (χ0) is 48.6. The fraction of sp³-hybridized carbons (Fsp3) is 0.721. The predicted octanol–water partition coefficient (Wildman–Crippen LogP) is 18.8. The number of allylic oxidation sites excluding steroid dienone is 14. The third kappa shape index (κ3) is 53.4. The van der Waals surface area contributed by atoms with Gasteiger partial charge in [0.25, 0.3) is 0 Å². The minimum absolute atomic E-state index is 0.0816. The van der Waals surface area contributed by atoms with E-state index in [1.54, 1.807) is 0 Å². The average Bonchev–Trinajstić information content (AvgIpc) is 3.33. The number of hydrogen-bond acceptors (Lipinski definition) is 6. The van der Waals surface area contributed by atoms with Crippen molar-refractivity contribution in [2.75, 3.05) is 13.2 Å². The smallest absolute Gasteiger partial charge is 0.306 e. The standard InChI is InChI=1S/C61H104O6/c1-4-7-10-13-15-17-19-21-23-25-26-27-28-29-30-31-32-33-34-36-37-39-41-43-45-48-51-54-60(63)66-57-58(56-65-59(62)53-50-47-12-9-6-3)67-61(64)55-52-49-46-44-42-40-38-35-24-22-20-18-16-14-11-8-5-2/h7,10,15,17,21,23,26-27,29-30,32-33,36-37,58H,4-6,8-9,11-14,16,18-20,22,24-25,28,31,34-35,38-57H2,1-3H3/b10-7-,17-15-,23-21-,27-26-,30-29-,33-32-,37-36-. The maximum absolute atomic E-state index is 12.8. The maximum atomic E-state index is 12.8. The van der Waals surface area contributed by atoms with E-state index in [-0.39, 0.29) is 31.1 Å². The molecule has 0 rings (SSSR count). The van der Waals surface area contributed by atoms with E-state index in [0.717, 1.165) is 128 Å². The van der Waals surface area contributed by atoms with Gasteiger partial charge < -0.3 is 14.2 Å². The molecule has 0 spiro atoms. The predicted molar refractivity (Wildman–Crippen MR) is 288 cm³/mol. The van der Waals surface area contributed by atoms with Crippen molar-refractivity contribution in [3.05, 3.63) is 85.1 Å². The van der Waals surface area contributed by atoms with Gasteiger partial charge in [0.05, 0.1) is 0 Å². The molecule has 0 amide bonds. The maximum Gasteiger partial charge on any atom is 0.306 e. The van der Waals surface area contributed by atoms with Crippen LogP contribution in [-0.2, 0) is 28.6 Å². The molecular weight excluding hydrogens is 829 g/mol. The summed E-state index contributed by atoms with van der Waals surface area (Å²) in [5.41, 5.74) is 0. The summed E-state index contributed by atoms with van der Waals surface area (Å²) in [5, 5.41) is 0. The van der Waals surface area contributed by atoms with Crippen LogP contribution in [0.4, 0.5) is 0 Å². The van der Waals surface area contributed by atoms with E-state index in [0.29, 0.717) is 19.3 Å². The van der Waals surface area contributed by atoms with Crippen molar-refractivity contribution in [1.82, 2.24) is 0 Å². The molecule has 0 heterocycles. The van der Waals surface area contributed by atoms with Gasteiger partial charge in [-0.3, -0.25) is 14.4 Å². The van der Waals surface area contributed by atoms with Crippen LogP contribution in [0.25, 0.3) is 0 Å². The Morgan fingerprint density at radius 2 is 0.582 bits per heavy atom. The van der Waals surface area contributed by atoms with Gasteiger partial charge in [0, 0.05) is 19.3 Å². The van der Waals surface area contributed by atoms with Crippen molar-refractivity contribution in [3.8, 4) is 0 Å². The third-order valence-corrected chi connectivity index (χ3v) is 11.9. The lowest BCUT2D eigenvalue weighted by atomic mass is 10.0. The first-order chi connectivity index (χ1) is 33.0. The molecule has 1 unspecified atom stereocenters. The molecule has 6 nitrogen and oxygen atoms in total. The molecule has 67 heavy (non-hydrogen) atoms. The first-order valence-electron chi connectivity index (χ1n) is 28.1. The second-order valence-corrected chi connectivity index (χ2v) is 18.5. The number of unbranched alkanes of at least 4 members (excludes halogenated alkanes) is 25. The number of carbonyl (C=O) groups excluding carboxylic acids is 3. The van der Waals surface area contributed by atoms with Crippen LogP contribution < -0.4 is 0 Å². The molecule has 384 valence electrons. The molecule has 0 saturated carbocycles. The Kier molecular flexibility index (Phi) is 52.4. The number of esters is 3. The van der Waals surface area contributed by atoms with Crippen LogP contribution in [0.5, 0.6) is 0 Å². The fourth-order valence-corrected chi connectivity index (χ4v) is 7.72. The van der Waals surface area contributed by atoms with Gasteiger partial charge in [-0.15, -0.1) is 0 Å². The summed E-state index contributed by atoms with van der Waals surface area (Å²) in [4.78, 5) is 37.8. The van der Waals surface area contributed by atoms with Gasteiger partial charge in [-0.25, -0.2) is 0 Å². The molecule has 0 aliphatic rings. The molecule has 0 aromatic heterocycles. The van der Waals surface area contributed by atoms with E-state index in [9.17, 15) is 14.4 Å². The van der Waals surface area contributed by atoms with Crippen LogP contribution in [-0.4, -0.2) is 37.2 Å². The summed E-state index contributed by atoms with van der Waals surface area (Å²) in [7, 11) is 0. The van der Waals surface area contributed by atoms with Crippen LogP contribution in [0.15, 0.2) is 85.1 Å². The Morgan fingerprint density at radius 3 is 0.910 bits per heavy atom. The van der Waals surface area contributed by atoms with Crippen molar-refractivity contribution in [1.29, 1.82) is 0 Å². The van der Waals surface area contributed by atoms with E-state index in [1.807, 2.05) is 0 Å². The van der Waals surface area contributed by atoms with Crippen LogP contribution >= 0.6 is 0 Å². The molecule has 0 N–H and O–H groups in total. The quantitative estimate of drug-likeness (QED) is 0.0262. The van der Waals surface area contributed by atoms with Crippen molar-refractivity contribution in [2.24, 2.45) is 0 Å². The topological polar surface area (TPSA) is 78.9 Å². The third-order valence-electron chi connectivity index (χ3n) is 11.9. The number of carbonyl (C=O) groups is 3. The van der Waals surface area contributed by atoms with Crippen LogP contribution in [0, 0.1) is 0 Å². The molecule has 0 aromatic rings. The monoisotopic (exact) mass is 933 g/mol. The lowest BCUT2D eigenvalue weighted by Gasteiger charge is -2.18. The summed E-state index contributed by atoms with van der Waals surface area (Å²) < 4.78 is 16.7. The van der Waals surface area contributed by atoms with Crippen molar-refractivity contribution >= 4 is 17.9 Å². The molecule has 1 atom stereocenters. The average molecular weight is 933 g/mol. The van der Waals surface area contributed by atoms with Gasteiger partial charge in [0.1, 0.15) is 13.2 Å². The number of hydrogen-bond donors (Lipinski definition) is 0. The molecular formula is C61H104O6. The molecule has 0 bridgehead atoms. The van der Waals surface area contributed by atoms with Crippen LogP contribution in [0.3, 0.4) is 0 Å². The van der Waals surface area contributed by atoms with E-state index >= 15 is 0 Å². The zero-order valence-corrected chi connectivity index (χ0v) is 43.9. The van der Waals surface area contributed by atoms with Gasteiger partial charge >= 0.3 is 17.9 Å².